The molecule has 2 fully saturated rings. The Hall–Kier alpha value is -1.61. The first-order chi connectivity index (χ1) is 11.6. The van der Waals surface area contributed by atoms with E-state index < -0.39 is 21.8 Å². The number of rotatable bonds is 3. The van der Waals surface area contributed by atoms with E-state index in [4.69, 9.17) is 0 Å². The van der Waals surface area contributed by atoms with Crippen LogP contribution in [0, 0.1) is 11.8 Å². The van der Waals surface area contributed by atoms with Crippen molar-refractivity contribution in [1.29, 1.82) is 0 Å². The molecule has 1 aromatic carbocycles. The van der Waals surface area contributed by atoms with Crippen molar-refractivity contribution in [3.63, 3.8) is 0 Å². The molecule has 1 aromatic rings. The number of piperazine rings is 1. The van der Waals surface area contributed by atoms with Crippen LogP contribution in [0.15, 0.2) is 29.2 Å². The van der Waals surface area contributed by atoms with E-state index in [2.05, 4.69) is 0 Å². The zero-order valence-corrected chi connectivity index (χ0v) is 14.5. The van der Waals surface area contributed by atoms with Gasteiger partial charge in [-0.3, -0.25) is 4.79 Å². The second kappa shape index (κ2) is 6.28. The first-order valence-corrected chi connectivity index (χ1v) is 9.51. The Labute approximate surface area is 144 Å². The smallest absolute Gasteiger partial charge is 0.340 e. The van der Waals surface area contributed by atoms with Crippen molar-refractivity contribution in [1.82, 2.24) is 9.21 Å². The van der Waals surface area contributed by atoms with E-state index in [0.29, 0.717) is 12.0 Å². The third-order valence-corrected chi connectivity index (χ3v) is 6.67. The number of hydrogen-bond acceptors (Lipinski definition) is 3. The molecule has 2 atom stereocenters. The fourth-order valence-electron chi connectivity index (χ4n) is 3.03. The third kappa shape index (κ3) is 3.67. The van der Waals surface area contributed by atoms with Crippen LogP contribution < -0.4 is 0 Å². The summed E-state index contributed by atoms with van der Waals surface area (Å²) in [5.74, 6) is 0.453. The molecule has 0 radical (unpaired) electrons. The number of sulfonamides is 1. The predicted molar refractivity (Wildman–Crippen MR) is 84.1 cm³/mol. The van der Waals surface area contributed by atoms with Gasteiger partial charge in [0.2, 0.25) is 15.9 Å². The van der Waals surface area contributed by atoms with Crippen molar-refractivity contribution in [2.45, 2.75) is 24.4 Å². The van der Waals surface area contributed by atoms with Crippen molar-refractivity contribution in [2.24, 2.45) is 11.8 Å². The summed E-state index contributed by atoms with van der Waals surface area (Å²) in [6.45, 7) is 2.70. The normalized spacial score (nSPS) is 25.0. The van der Waals surface area contributed by atoms with Crippen LogP contribution in [-0.2, 0) is 21.0 Å². The Morgan fingerprint density at radius 3 is 2.28 bits per heavy atom. The fourth-order valence-corrected chi connectivity index (χ4v) is 4.50. The SMILES string of the molecule is C[C@H]1C[C@@H]1C(=O)N1CCN(S(=O)(=O)c2cccc(C(F)(F)F)c2)CC1. The molecule has 1 aliphatic heterocycles. The standard InChI is InChI=1S/C16H19F3N2O3S/c1-11-9-14(11)15(22)20-5-7-21(8-6-20)25(23,24)13-4-2-3-12(10-13)16(17,18)19/h2-4,10-11,14H,5-9H2,1H3/t11-,14-/m0/s1. The van der Waals surface area contributed by atoms with Crippen LogP contribution in [0.3, 0.4) is 0 Å². The summed E-state index contributed by atoms with van der Waals surface area (Å²) in [6.07, 6.45) is -3.74. The lowest BCUT2D eigenvalue weighted by Gasteiger charge is -2.34. The van der Waals surface area contributed by atoms with Crippen molar-refractivity contribution < 1.29 is 26.4 Å². The van der Waals surface area contributed by atoms with Gasteiger partial charge in [0.1, 0.15) is 0 Å². The second-order valence-corrected chi connectivity index (χ2v) is 8.51. The minimum Gasteiger partial charge on any atom is -0.340 e. The van der Waals surface area contributed by atoms with Gasteiger partial charge in [-0.2, -0.15) is 17.5 Å². The average Bonchev–Trinajstić information content (AvgIpc) is 3.30. The summed E-state index contributed by atoms with van der Waals surface area (Å²) in [6, 6.07) is 3.74. The highest BCUT2D eigenvalue weighted by Gasteiger charge is 2.42. The monoisotopic (exact) mass is 376 g/mol. The molecule has 0 aromatic heterocycles. The van der Waals surface area contributed by atoms with E-state index in [9.17, 15) is 26.4 Å². The highest BCUT2D eigenvalue weighted by Crippen LogP contribution is 2.39. The molecule has 1 saturated heterocycles. The zero-order valence-electron chi connectivity index (χ0n) is 13.7. The van der Waals surface area contributed by atoms with Crippen molar-refractivity contribution in [3.05, 3.63) is 29.8 Å². The predicted octanol–water partition coefficient (Wildman–Crippen LogP) is 2.19. The maximum Gasteiger partial charge on any atom is 0.416 e. The molecule has 25 heavy (non-hydrogen) atoms. The molecule has 0 spiro atoms. The van der Waals surface area contributed by atoms with E-state index in [1.54, 1.807) is 4.90 Å². The fraction of sp³-hybridized carbons (Fsp3) is 0.562. The molecule has 9 heteroatoms. The van der Waals surface area contributed by atoms with Crippen LogP contribution in [-0.4, -0.2) is 49.7 Å². The lowest BCUT2D eigenvalue weighted by Crippen LogP contribution is -2.51. The Bertz CT molecular complexity index is 771. The number of alkyl halides is 3. The number of nitrogens with zero attached hydrogens (tertiary/aromatic N) is 2. The molecule has 0 unspecified atom stereocenters. The average molecular weight is 376 g/mol. The molecule has 2 aliphatic rings. The molecule has 0 N–H and O–H groups in total. The minimum absolute atomic E-state index is 0.0339. The van der Waals surface area contributed by atoms with Gasteiger partial charge in [0.15, 0.2) is 0 Å². The number of carbonyl (C=O) groups excluding carboxylic acids is 1. The summed E-state index contributed by atoms with van der Waals surface area (Å²) in [5.41, 5.74) is -0.995. The second-order valence-electron chi connectivity index (χ2n) is 6.57. The van der Waals surface area contributed by atoms with Gasteiger partial charge in [-0.15, -0.1) is 0 Å². The zero-order chi connectivity index (χ0) is 18.4. The van der Waals surface area contributed by atoms with Gasteiger partial charge >= 0.3 is 6.18 Å². The van der Waals surface area contributed by atoms with E-state index in [1.165, 1.54) is 0 Å². The summed E-state index contributed by atoms with van der Waals surface area (Å²) in [5, 5.41) is 0. The summed E-state index contributed by atoms with van der Waals surface area (Å²) >= 11 is 0. The summed E-state index contributed by atoms with van der Waals surface area (Å²) < 4.78 is 64.7. The molecular formula is C16H19F3N2O3S. The van der Waals surface area contributed by atoms with Crippen LogP contribution >= 0.6 is 0 Å². The molecule has 1 heterocycles. The largest absolute Gasteiger partial charge is 0.416 e. The number of carbonyl (C=O) groups is 1. The van der Waals surface area contributed by atoms with E-state index >= 15 is 0 Å². The molecule has 0 bridgehead atoms. The highest BCUT2D eigenvalue weighted by atomic mass is 32.2. The van der Waals surface area contributed by atoms with E-state index in [-0.39, 0.29) is 42.9 Å². The van der Waals surface area contributed by atoms with Gasteiger partial charge in [-0.05, 0) is 30.5 Å². The van der Waals surface area contributed by atoms with Crippen LogP contribution in [0.25, 0.3) is 0 Å². The van der Waals surface area contributed by atoms with Crippen molar-refractivity contribution in [2.75, 3.05) is 26.2 Å². The first-order valence-electron chi connectivity index (χ1n) is 8.07. The number of amides is 1. The van der Waals surface area contributed by atoms with Crippen molar-refractivity contribution >= 4 is 15.9 Å². The Morgan fingerprint density at radius 2 is 1.76 bits per heavy atom. The maximum absolute atomic E-state index is 12.8. The van der Waals surface area contributed by atoms with Crippen LogP contribution in [0.5, 0.6) is 0 Å². The van der Waals surface area contributed by atoms with Crippen LogP contribution in [0.4, 0.5) is 13.2 Å². The Morgan fingerprint density at radius 1 is 1.16 bits per heavy atom. The molecular weight excluding hydrogens is 357 g/mol. The molecule has 1 amide bonds. The molecule has 3 rings (SSSR count). The molecule has 5 nitrogen and oxygen atoms in total. The number of benzene rings is 1. The molecule has 1 saturated carbocycles. The lowest BCUT2D eigenvalue weighted by atomic mass is 10.2. The quantitative estimate of drug-likeness (QED) is 0.813. The van der Waals surface area contributed by atoms with Gasteiger partial charge in [-0.1, -0.05) is 13.0 Å². The van der Waals surface area contributed by atoms with Gasteiger partial charge in [0.05, 0.1) is 10.5 Å². The van der Waals surface area contributed by atoms with Crippen LogP contribution in [0.2, 0.25) is 0 Å². The maximum atomic E-state index is 12.8. The van der Waals surface area contributed by atoms with Crippen LogP contribution in [0.1, 0.15) is 18.9 Å². The van der Waals surface area contributed by atoms with Gasteiger partial charge in [0, 0.05) is 32.1 Å². The minimum atomic E-state index is -4.60. The summed E-state index contributed by atoms with van der Waals surface area (Å²) in [7, 11) is -4.01. The van der Waals surface area contributed by atoms with Gasteiger partial charge < -0.3 is 4.90 Å². The topological polar surface area (TPSA) is 57.7 Å². The highest BCUT2D eigenvalue weighted by molar-refractivity contribution is 7.89. The third-order valence-electron chi connectivity index (χ3n) is 4.78. The van der Waals surface area contributed by atoms with Gasteiger partial charge in [-0.25, -0.2) is 8.42 Å². The lowest BCUT2D eigenvalue weighted by molar-refractivity contribution is -0.137. The first kappa shape index (κ1) is 18.2. The van der Waals surface area contributed by atoms with Crippen molar-refractivity contribution in [3.8, 4) is 0 Å². The Kier molecular flexibility index (Phi) is 4.57. The Balaban J connectivity index is 1.71. The van der Waals surface area contributed by atoms with Gasteiger partial charge in [0.25, 0.3) is 0 Å². The molecule has 1 aliphatic carbocycles. The summed E-state index contributed by atoms with van der Waals surface area (Å²) in [4.78, 5) is 13.5. The molecule has 138 valence electrons. The number of hydrogen-bond donors (Lipinski definition) is 0. The van der Waals surface area contributed by atoms with E-state index in [1.807, 2.05) is 6.92 Å². The van der Waals surface area contributed by atoms with E-state index in [0.717, 1.165) is 28.9 Å². The number of halogens is 3.